The van der Waals surface area contributed by atoms with Gasteiger partial charge in [0, 0.05) is 18.2 Å². The molecule has 0 fully saturated rings. The molecule has 19 heavy (non-hydrogen) atoms. The molecule has 0 aliphatic rings. The summed E-state index contributed by atoms with van der Waals surface area (Å²) < 4.78 is 0. The van der Waals surface area contributed by atoms with Crippen molar-refractivity contribution in [3.8, 4) is 11.8 Å². The maximum Gasteiger partial charge on any atom is 0.327 e. The van der Waals surface area contributed by atoms with E-state index in [4.69, 9.17) is 15.5 Å². The summed E-state index contributed by atoms with van der Waals surface area (Å²) >= 11 is 0. The summed E-state index contributed by atoms with van der Waals surface area (Å²) in [5, 5.41) is 34.0. The molecule has 0 unspecified atom stereocenters. The molecule has 100 valence electrons. The number of nitrogens with zero attached hydrogens (tertiary/aromatic N) is 2. The van der Waals surface area contributed by atoms with E-state index >= 15 is 0 Å². The number of nitro groups is 1. The Morgan fingerprint density at radius 3 is 2.05 bits per heavy atom. The van der Waals surface area contributed by atoms with Crippen molar-refractivity contribution in [2.45, 2.75) is 0 Å². The number of nitro benzene ring substituents is 1. The van der Waals surface area contributed by atoms with Crippen molar-refractivity contribution in [1.82, 2.24) is 0 Å². The zero-order valence-corrected chi connectivity index (χ0v) is 9.89. The number of nitriles is 1. The van der Waals surface area contributed by atoms with E-state index in [1.54, 1.807) is 6.07 Å². The molecular formula is C12H12N2O5. The molecule has 0 aliphatic heterocycles. The lowest BCUT2D eigenvalue weighted by Crippen LogP contribution is -1.86. The number of phenolic OH excluding ortho intramolecular Hbond substituents is 1. The van der Waals surface area contributed by atoms with Crippen LogP contribution in [0.2, 0.25) is 0 Å². The highest BCUT2D eigenvalue weighted by molar-refractivity contribution is 5.78. The largest absolute Gasteiger partial charge is 0.502 e. The third-order valence-corrected chi connectivity index (χ3v) is 1.34. The van der Waals surface area contributed by atoms with E-state index < -0.39 is 10.9 Å². The van der Waals surface area contributed by atoms with Gasteiger partial charge < -0.3 is 10.2 Å². The first kappa shape index (κ1) is 18.2. The summed E-state index contributed by atoms with van der Waals surface area (Å²) in [4.78, 5) is 18.7. The van der Waals surface area contributed by atoms with E-state index in [0.29, 0.717) is 0 Å². The second-order valence-electron chi connectivity index (χ2n) is 2.62. The number of carboxylic acids is 1. The van der Waals surface area contributed by atoms with Crippen LogP contribution in [0.4, 0.5) is 5.69 Å². The third kappa shape index (κ3) is 11.1. The molecule has 7 nitrogen and oxygen atoms in total. The molecule has 0 spiro atoms. The fourth-order valence-electron chi connectivity index (χ4n) is 0.619. The molecule has 0 saturated heterocycles. The van der Waals surface area contributed by atoms with Crippen molar-refractivity contribution in [3.63, 3.8) is 0 Å². The number of phenols is 1. The number of benzene rings is 1. The minimum atomic E-state index is -0.981. The van der Waals surface area contributed by atoms with E-state index in [2.05, 4.69) is 13.2 Å². The smallest absolute Gasteiger partial charge is 0.327 e. The van der Waals surface area contributed by atoms with Gasteiger partial charge in [-0.25, -0.2) is 4.79 Å². The average Bonchev–Trinajstić information content (AvgIpc) is 2.40. The van der Waals surface area contributed by atoms with Gasteiger partial charge in [-0.15, -0.1) is 0 Å². The molecule has 0 heterocycles. The monoisotopic (exact) mass is 264 g/mol. The second-order valence-corrected chi connectivity index (χ2v) is 2.62. The SMILES string of the molecule is C=CC#N.C=CC(=O)O.O=[N+]([O-])c1ccccc1O. The third-order valence-electron chi connectivity index (χ3n) is 1.34. The lowest BCUT2D eigenvalue weighted by atomic mass is 10.3. The number of carbonyl (C=O) groups is 1. The molecule has 0 radical (unpaired) electrons. The van der Waals surface area contributed by atoms with Gasteiger partial charge >= 0.3 is 11.7 Å². The normalized spacial score (nSPS) is 7.32. The van der Waals surface area contributed by atoms with Gasteiger partial charge in [-0.2, -0.15) is 5.26 Å². The van der Waals surface area contributed by atoms with Gasteiger partial charge in [-0.3, -0.25) is 10.1 Å². The molecule has 0 amide bonds. The second kappa shape index (κ2) is 11.3. The average molecular weight is 264 g/mol. The number of allylic oxidation sites excluding steroid dienone is 1. The quantitative estimate of drug-likeness (QED) is 0.365. The Hall–Kier alpha value is -3.14. The molecule has 1 rings (SSSR count). The topological polar surface area (TPSA) is 124 Å². The molecule has 0 aromatic heterocycles. The van der Waals surface area contributed by atoms with Gasteiger partial charge in [0.15, 0.2) is 5.75 Å². The van der Waals surface area contributed by atoms with E-state index in [1.807, 2.05) is 0 Å². The van der Waals surface area contributed by atoms with E-state index in [9.17, 15) is 14.9 Å². The maximum atomic E-state index is 10.1. The Kier molecular flexibility index (Phi) is 10.9. The summed E-state index contributed by atoms with van der Waals surface area (Å²) in [7, 11) is 0. The standard InChI is InChI=1S/C6H5NO3.C3H3N.C3H4O2/c8-6-4-2-1-3-5(6)7(9)10;1-2-3-4;1-2-3(4)5/h1-4,8H;2H,1H2;2H,1H2,(H,4,5). The lowest BCUT2D eigenvalue weighted by Gasteiger charge is -1.91. The molecule has 7 heteroatoms. The highest BCUT2D eigenvalue weighted by Crippen LogP contribution is 2.23. The van der Waals surface area contributed by atoms with Gasteiger partial charge in [0.2, 0.25) is 0 Å². The van der Waals surface area contributed by atoms with Crippen LogP contribution in [0, 0.1) is 21.4 Å². The van der Waals surface area contributed by atoms with E-state index in [0.717, 1.165) is 6.08 Å². The van der Waals surface area contributed by atoms with Crippen LogP contribution in [0.15, 0.2) is 49.6 Å². The number of hydrogen-bond donors (Lipinski definition) is 2. The Labute approximate surface area is 109 Å². The van der Waals surface area contributed by atoms with Crippen LogP contribution in [-0.2, 0) is 4.79 Å². The van der Waals surface area contributed by atoms with Crippen LogP contribution in [0.3, 0.4) is 0 Å². The molecule has 2 N–H and O–H groups in total. The Morgan fingerprint density at radius 2 is 1.84 bits per heavy atom. The van der Waals surface area contributed by atoms with Crippen molar-refractivity contribution in [3.05, 3.63) is 59.7 Å². The van der Waals surface area contributed by atoms with Crippen LogP contribution in [0.5, 0.6) is 5.75 Å². The first-order valence-electron chi connectivity index (χ1n) is 4.68. The number of hydrogen-bond acceptors (Lipinski definition) is 5. The lowest BCUT2D eigenvalue weighted by molar-refractivity contribution is -0.385. The van der Waals surface area contributed by atoms with Crippen LogP contribution < -0.4 is 0 Å². The molecule has 1 aromatic rings. The number of aromatic hydroxyl groups is 1. The van der Waals surface area contributed by atoms with Gasteiger partial charge in [0.05, 0.1) is 11.0 Å². The maximum absolute atomic E-state index is 10.1. The first-order chi connectivity index (χ1) is 8.90. The Bertz CT molecular complexity index is 491. The summed E-state index contributed by atoms with van der Waals surface area (Å²) in [6.07, 6.45) is 2.01. The number of para-hydroxylation sites is 2. The summed E-state index contributed by atoms with van der Waals surface area (Å²) in [5.74, 6) is -1.28. The van der Waals surface area contributed by atoms with E-state index in [-0.39, 0.29) is 11.4 Å². The molecular weight excluding hydrogens is 252 g/mol. The van der Waals surface area contributed by atoms with Crippen LogP contribution in [0.25, 0.3) is 0 Å². The van der Waals surface area contributed by atoms with Gasteiger partial charge in [0.25, 0.3) is 0 Å². The number of aliphatic carboxylic acids is 1. The number of rotatable bonds is 2. The highest BCUT2D eigenvalue weighted by Gasteiger charge is 2.09. The van der Waals surface area contributed by atoms with Crippen LogP contribution in [0.1, 0.15) is 0 Å². The summed E-state index contributed by atoms with van der Waals surface area (Å²) in [6, 6.07) is 7.24. The van der Waals surface area contributed by atoms with Crippen LogP contribution in [-0.4, -0.2) is 21.1 Å². The zero-order chi connectivity index (χ0) is 15.3. The minimum Gasteiger partial charge on any atom is -0.502 e. The molecule has 0 atom stereocenters. The fourth-order valence-corrected chi connectivity index (χ4v) is 0.619. The number of carboxylic acid groups (broad SMARTS) is 1. The minimum absolute atomic E-state index is 0.262. The van der Waals surface area contributed by atoms with Crippen molar-refractivity contribution in [2.75, 3.05) is 0 Å². The van der Waals surface area contributed by atoms with Crippen LogP contribution >= 0.6 is 0 Å². The molecule has 0 saturated carbocycles. The predicted octanol–water partition coefficient (Wildman–Crippen LogP) is 2.25. The Morgan fingerprint density at radius 1 is 1.42 bits per heavy atom. The van der Waals surface area contributed by atoms with Gasteiger partial charge in [-0.05, 0) is 6.07 Å². The molecule has 0 aliphatic carbocycles. The molecule has 0 bridgehead atoms. The van der Waals surface area contributed by atoms with E-state index in [1.165, 1.54) is 30.3 Å². The highest BCUT2D eigenvalue weighted by atomic mass is 16.6. The zero-order valence-electron chi connectivity index (χ0n) is 9.89. The Balaban J connectivity index is 0. The van der Waals surface area contributed by atoms with Crippen molar-refractivity contribution >= 4 is 11.7 Å². The summed E-state index contributed by atoms with van der Waals surface area (Å²) in [5.41, 5.74) is -0.262. The molecule has 1 aromatic carbocycles. The first-order valence-corrected chi connectivity index (χ1v) is 4.68. The van der Waals surface area contributed by atoms with Crippen molar-refractivity contribution in [2.24, 2.45) is 0 Å². The van der Waals surface area contributed by atoms with Crippen molar-refractivity contribution in [1.29, 1.82) is 5.26 Å². The van der Waals surface area contributed by atoms with Gasteiger partial charge in [-0.1, -0.05) is 25.3 Å². The van der Waals surface area contributed by atoms with Gasteiger partial charge in [0.1, 0.15) is 0 Å². The van der Waals surface area contributed by atoms with Crippen molar-refractivity contribution < 1.29 is 19.9 Å². The summed E-state index contributed by atoms with van der Waals surface area (Å²) in [6.45, 7) is 6.08. The fraction of sp³-hybridized carbons (Fsp3) is 0. The predicted molar refractivity (Wildman–Crippen MR) is 68.4 cm³/mol.